The zero-order chi connectivity index (χ0) is 14.5. The van der Waals surface area contributed by atoms with E-state index in [4.69, 9.17) is 4.74 Å². The van der Waals surface area contributed by atoms with Crippen LogP contribution in [0.3, 0.4) is 0 Å². The predicted octanol–water partition coefficient (Wildman–Crippen LogP) is 3.09. The summed E-state index contributed by atoms with van der Waals surface area (Å²) in [5, 5.41) is 9.34. The Morgan fingerprint density at radius 1 is 1.50 bits per heavy atom. The van der Waals surface area contributed by atoms with Gasteiger partial charge in [0.1, 0.15) is 4.47 Å². The van der Waals surface area contributed by atoms with Crippen LogP contribution in [0.15, 0.2) is 31.4 Å². The number of thiophene rings is 1. The molecule has 0 radical (unpaired) electrons. The van der Waals surface area contributed by atoms with Crippen molar-refractivity contribution in [3.8, 4) is 0 Å². The first-order valence-corrected chi connectivity index (χ1v) is 8.29. The van der Waals surface area contributed by atoms with Crippen molar-refractivity contribution in [3.05, 3.63) is 41.8 Å². The lowest BCUT2D eigenvalue weighted by atomic mass is 10.4. The molecular weight excluding hydrogens is 410 g/mol. The van der Waals surface area contributed by atoms with E-state index >= 15 is 0 Å². The second-order valence-electron chi connectivity index (χ2n) is 3.98. The average Bonchev–Trinajstić information content (AvgIpc) is 2.85. The van der Waals surface area contributed by atoms with Gasteiger partial charge in [-0.05, 0) is 37.9 Å². The van der Waals surface area contributed by atoms with Crippen molar-refractivity contribution in [2.24, 2.45) is 0 Å². The van der Waals surface area contributed by atoms with Crippen LogP contribution >= 0.6 is 43.2 Å². The summed E-state index contributed by atoms with van der Waals surface area (Å²) in [6.45, 7) is 1.54. The van der Waals surface area contributed by atoms with Crippen LogP contribution in [0.5, 0.6) is 0 Å². The third-order valence-corrected chi connectivity index (χ3v) is 5.03. The van der Waals surface area contributed by atoms with Gasteiger partial charge in [0.2, 0.25) is 0 Å². The Kier molecular flexibility index (Phi) is 5.76. The molecule has 2 aromatic heterocycles. The SMILES string of the molecule is COCCn1ncc(NCc2cc(Br)cs2)c(Br)c1=O. The Morgan fingerprint density at radius 2 is 2.30 bits per heavy atom. The minimum absolute atomic E-state index is 0.167. The fourth-order valence-corrected chi connectivity index (χ4v) is 3.39. The molecule has 0 amide bonds. The number of aromatic nitrogens is 2. The molecule has 0 aromatic carbocycles. The summed E-state index contributed by atoms with van der Waals surface area (Å²) in [4.78, 5) is 13.2. The van der Waals surface area contributed by atoms with Gasteiger partial charge in [-0.15, -0.1) is 11.3 Å². The van der Waals surface area contributed by atoms with Gasteiger partial charge in [0.15, 0.2) is 0 Å². The van der Waals surface area contributed by atoms with E-state index in [2.05, 4.69) is 42.3 Å². The fourth-order valence-electron chi connectivity index (χ4n) is 1.55. The molecule has 2 aromatic rings. The third-order valence-electron chi connectivity index (χ3n) is 2.57. The van der Waals surface area contributed by atoms with Crippen LogP contribution in [0.2, 0.25) is 0 Å². The number of ether oxygens (including phenoxy) is 1. The van der Waals surface area contributed by atoms with Crippen LogP contribution in [0, 0.1) is 0 Å². The maximum absolute atomic E-state index is 12.1. The molecule has 0 aliphatic carbocycles. The molecule has 0 saturated heterocycles. The van der Waals surface area contributed by atoms with Crippen LogP contribution in [0.1, 0.15) is 4.88 Å². The normalized spacial score (nSPS) is 10.8. The number of nitrogens with one attached hydrogen (secondary N) is 1. The first kappa shape index (κ1) is 15.7. The molecule has 0 aliphatic rings. The summed E-state index contributed by atoms with van der Waals surface area (Å²) < 4.78 is 7.87. The maximum atomic E-state index is 12.1. The van der Waals surface area contributed by atoms with Crippen molar-refractivity contribution in [3.63, 3.8) is 0 Å². The highest BCUT2D eigenvalue weighted by Gasteiger charge is 2.09. The topological polar surface area (TPSA) is 56.1 Å². The smallest absolute Gasteiger partial charge is 0.283 e. The summed E-state index contributed by atoms with van der Waals surface area (Å²) in [6, 6.07) is 2.04. The van der Waals surface area contributed by atoms with Gasteiger partial charge >= 0.3 is 0 Å². The molecule has 0 spiro atoms. The number of halogens is 2. The van der Waals surface area contributed by atoms with Crippen LogP contribution in [0.4, 0.5) is 5.69 Å². The summed E-state index contributed by atoms with van der Waals surface area (Å²) >= 11 is 8.38. The van der Waals surface area contributed by atoms with Crippen LogP contribution in [-0.4, -0.2) is 23.5 Å². The Balaban J connectivity index is 2.09. The molecule has 2 heterocycles. The highest BCUT2D eigenvalue weighted by Crippen LogP contribution is 2.22. The van der Waals surface area contributed by atoms with Crippen molar-refractivity contribution in [2.75, 3.05) is 19.0 Å². The van der Waals surface area contributed by atoms with Gasteiger partial charge in [0.25, 0.3) is 5.56 Å². The maximum Gasteiger partial charge on any atom is 0.283 e. The molecule has 1 N–H and O–H groups in total. The summed E-state index contributed by atoms with van der Waals surface area (Å²) in [6.07, 6.45) is 1.64. The summed E-state index contributed by atoms with van der Waals surface area (Å²) in [5.74, 6) is 0. The number of methoxy groups -OCH3 is 1. The van der Waals surface area contributed by atoms with E-state index in [1.165, 1.54) is 9.56 Å². The van der Waals surface area contributed by atoms with Crippen molar-refractivity contribution in [1.82, 2.24) is 9.78 Å². The minimum Gasteiger partial charge on any atom is -0.383 e. The lowest BCUT2D eigenvalue weighted by Crippen LogP contribution is -2.26. The van der Waals surface area contributed by atoms with Gasteiger partial charge < -0.3 is 10.1 Å². The molecule has 2 rings (SSSR count). The van der Waals surface area contributed by atoms with Crippen LogP contribution in [-0.2, 0) is 17.8 Å². The van der Waals surface area contributed by atoms with Gasteiger partial charge in [-0.25, -0.2) is 4.68 Å². The number of hydrogen-bond acceptors (Lipinski definition) is 5. The molecule has 5 nitrogen and oxygen atoms in total. The summed E-state index contributed by atoms with van der Waals surface area (Å²) in [5.41, 5.74) is 0.521. The Labute approximate surface area is 137 Å². The Hall–Kier alpha value is -0.700. The second-order valence-corrected chi connectivity index (χ2v) is 6.68. The van der Waals surface area contributed by atoms with E-state index in [-0.39, 0.29) is 5.56 Å². The van der Waals surface area contributed by atoms with E-state index in [9.17, 15) is 4.79 Å². The number of nitrogens with zero attached hydrogens (tertiary/aromatic N) is 2. The zero-order valence-electron chi connectivity index (χ0n) is 10.7. The molecule has 0 bridgehead atoms. The van der Waals surface area contributed by atoms with E-state index < -0.39 is 0 Å². The van der Waals surface area contributed by atoms with Gasteiger partial charge in [-0.3, -0.25) is 4.79 Å². The number of anilines is 1. The molecule has 0 saturated carbocycles. The number of rotatable bonds is 6. The van der Waals surface area contributed by atoms with Crippen molar-refractivity contribution in [1.29, 1.82) is 0 Å². The molecule has 0 aliphatic heterocycles. The Morgan fingerprint density at radius 3 is 2.95 bits per heavy atom. The van der Waals surface area contributed by atoms with E-state index in [0.29, 0.717) is 29.9 Å². The fraction of sp³-hybridized carbons (Fsp3) is 0.333. The summed E-state index contributed by atoms with van der Waals surface area (Å²) in [7, 11) is 1.59. The molecule has 0 unspecified atom stereocenters. The van der Waals surface area contributed by atoms with Gasteiger partial charge in [0.05, 0.1) is 25.0 Å². The van der Waals surface area contributed by atoms with E-state index in [1.54, 1.807) is 24.6 Å². The van der Waals surface area contributed by atoms with Crippen molar-refractivity contribution < 1.29 is 4.74 Å². The monoisotopic (exact) mass is 421 g/mol. The lowest BCUT2D eigenvalue weighted by Gasteiger charge is -2.09. The van der Waals surface area contributed by atoms with Crippen molar-refractivity contribution in [2.45, 2.75) is 13.1 Å². The molecular formula is C12H13Br2N3O2S. The first-order valence-electron chi connectivity index (χ1n) is 5.83. The van der Waals surface area contributed by atoms with E-state index in [1.807, 2.05) is 11.4 Å². The van der Waals surface area contributed by atoms with Crippen LogP contribution < -0.4 is 10.9 Å². The molecule has 0 atom stereocenters. The molecule has 20 heavy (non-hydrogen) atoms. The van der Waals surface area contributed by atoms with Crippen LogP contribution in [0.25, 0.3) is 0 Å². The highest BCUT2D eigenvalue weighted by atomic mass is 79.9. The van der Waals surface area contributed by atoms with Gasteiger partial charge in [-0.1, -0.05) is 0 Å². The number of hydrogen-bond donors (Lipinski definition) is 1. The largest absolute Gasteiger partial charge is 0.383 e. The zero-order valence-corrected chi connectivity index (χ0v) is 14.7. The lowest BCUT2D eigenvalue weighted by molar-refractivity contribution is 0.181. The van der Waals surface area contributed by atoms with Crippen molar-refractivity contribution >= 4 is 48.9 Å². The molecule has 108 valence electrons. The third kappa shape index (κ3) is 3.91. The van der Waals surface area contributed by atoms with E-state index in [0.717, 1.165) is 4.47 Å². The predicted molar refractivity (Wildman–Crippen MR) is 87.4 cm³/mol. The van der Waals surface area contributed by atoms with Gasteiger partial charge in [-0.2, -0.15) is 5.10 Å². The minimum atomic E-state index is -0.167. The standard InChI is InChI=1S/C12H13Br2N3O2S/c1-19-3-2-17-12(18)11(14)10(6-16-17)15-5-9-4-8(13)7-20-9/h4,6-7,15H,2-3,5H2,1H3. The van der Waals surface area contributed by atoms with Gasteiger partial charge in [0, 0.05) is 28.4 Å². The first-order chi connectivity index (χ1) is 9.61. The Bertz CT molecular complexity index is 642. The molecule has 8 heteroatoms. The second kappa shape index (κ2) is 7.35. The highest BCUT2D eigenvalue weighted by molar-refractivity contribution is 9.10. The quantitative estimate of drug-likeness (QED) is 0.777. The molecule has 0 fully saturated rings. The average molecular weight is 423 g/mol.